The average molecular weight is 401 g/mol. The molecule has 156 valence electrons. The topological polar surface area (TPSA) is 105 Å². The quantitative estimate of drug-likeness (QED) is 0.562. The zero-order valence-electron chi connectivity index (χ0n) is 16.8. The van der Waals surface area contributed by atoms with Gasteiger partial charge in [0.15, 0.2) is 6.61 Å². The monoisotopic (exact) mass is 401 g/mol. The van der Waals surface area contributed by atoms with E-state index in [1.807, 2.05) is 32.0 Å². The van der Waals surface area contributed by atoms with Gasteiger partial charge < -0.3 is 15.4 Å². The highest BCUT2D eigenvalue weighted by atomic mass is 16.5. The Morgan fingerprint density at radius 2 is 2.10 bits per heavy atom. The predicted molar refractivity (Wildman–Crippen MR) is 106 cm³/mol. The number of esters is 1. The van der Waals surface area contributed by atoms with Crippen molar-refractivity contribution in [1.29, 1.82) is 0 Å². The first-order valence-corrected chi connectivity index (χ1v) is 10.0. The number of nitrogens with zero attached hydrogens (tertiary/aromatic N) is 1. The number of ether oxygens (including phenoxy) is 1. The zero-order chi connectivity index (χ0) is 21.0. The maximum Gasteiger partial charge on any atom is 0.326 e. The van der Waals surface area contributed by atoms with E-state index in [0.29, 0.717) is 12.1 Å². The summed E-state index contributed by atoms with van der Waals surface area (Å²) >= 11 is 0. The summed E-state index contributed by atoms with van der Waals surface area (Å²) in [4.78, 5) is 50.2. The van der Waals surface area contributed by atoms with Crippen LogP contribution >= 0.6 is 0 Å². The van der Waals surface area contributed by atoms with Crippen LogP contribution in [0.2, 0.25) is 0 Å². The Bertz CT molecular complexity index is 824. The number of rotatable bonds is 6. The van der Waals surface area contributed by atoms with E-state index >= 15 is 0 Å². The highest BCUT2D eigenvalue weighted by Gasteiger charge is 2.55. The van der Waals surface area contributed by atoms with Gasteiger partial charge in [-0.2, -0.15) is 0 Å². The summed E-state index contributed by atoms with van der Waals surface area (Å²) < 4.78 is 4.97. The average Bonchev–Trinajstić information content (AvgIpc) is 2.94. The molecule has 2 aliphatic rings. The predicted octanol–water partition coefficient (Wildman–Crippen LogP) is 2.23. The molecular weight excluding hydrogens is 374 g/mol. The molecule has 1 aromatic carbocycles. The molecule has 8 nitrogen and oxygen atoms in total. The minimum absolute atomic E-state index is 0.0124. The van der Waals surface area contributed by atoms with Crippen molar-refractivity contribution in [2.24, 2.45) is 5.92 Å². The number of hydrogen-bond donors (Lipinski definition) is 2. The van der Waals surface area contributed by atoms with Gasteiger partial charge in [0.25, 0.3) is 11.8 Å². The van der Waals surface area contributed by atoms with Crippen LogP contribution < -0.4 is 10.6 Å². The molecule has 29 heavy (non-hydrogen) atoms. The Hall–Kier alpha value is -2.90. The molecule has 2 atom stereocenters. The lowest BCUT2D eigenvalue weighted by molar-refractivity contribution is -0.150. The molecule has 1 aromatic rings. The maximum absolute atomic E-state index is 12.8. The number of carbonyl (C=O) groups is 4. The van der Waals surface area contributed by atoms with Gasteiger partial charge in [-0.1, -0.05) is 38.8 Å². The molecule has 0 radical (unpaired) electrons. The third kappa shape index (κ3) is 4.41. The Labute approximate surface area is 170 Å². The first-order chi connectivity index (χ1) is 13.9. The second-order valence-corrected chi connectivity index (χ2v) is 7.70. The second-order valence-electron chi connectivity index (χ2n) is 7.70. The molecular formula is C21H27N3O5. The van der Waals surface area contributed by atoms with E-state index in [1.165, 1.54) is 0 Å². The second kappa shape index (κ2) is 8.63. The van der Waals surface area contributed by atoms with E-state index in [9.17, 15) is 19.2 Å². The molecule has 0 unspecified atom stereocenters. The lowest BCUT2D eigenvalue weighted by Crippen LogP contribution is -2.54. The molecule has 8 heteroatoms. The molecule has 1 heterocycles. The molecule has 0 bridgehead atoms. The van der Waals surface area contributed by atoms with Gasteiger partial charge in [-0.25, -0.2) is 4.79 Å². The summed E-state index contributed by atoms with van der Waals surface area (Å²) in [6.45, 7) is 2.96. The summed E-state index contributed by atoms with van der Waals surface area (Å²) in [7, 11) is 0. The minimum Gasteiger partial charge on any atom is -0.454 e. The van der Waals surface area contributed by atoms with Crippen molar-refractivity contribution in [3.05, 3.63) is 29.8 Å². The largest absolute Gasteiger partial charge is 0.454 e. The summed E-state index contributed by atoms with van der Waals surface area (Å²) in [5, 5.41) is 5.44. The number of carbonyl (C=O) groups excluding carboxylic acids is 4. The van der Waals surface area contributed by atoms with Crippen molar-refractivity contribution in [2.45, 2.75) is 51.5 Å². The number of anilines is 1. The number of amides is 4. The molecule has 1 saturated heterocycles. The normalized spacial score (nSPS) is 23.8. The van der Waals surface area contributed by atoms with Crippen molar-refractivity contribution in [3.8, 4) is 0 Å². The van der Waals surface area contributed by atoms with E-state index in [-0.39, 0.29) is 11.8 Å². The summed E-state index contributed by atoms with van der Waals surface area (Å²) in [6.07, 6.45) is 4.14. The molecule has 4 amide bonds. The van der Waals surface area contributed by atoms with Crippen LogP contribution in [0.15, 0.2) is 24.3 Å². The number of urea groups is 1. The summed E-state index contributed by atoms with van der Waals surface area (Å²) in [5.41, 5.74) is 0.772. The van der Waals surface area contributed by atoms with Crippen LogP contribution in [0.25, 0.3) is 0 Å². The highest BCUT2D eigenvalue weighted by molar-refractivity contribution is 6.09. The van der Waals surface area contributed by atoms with Crippen molar-refractivity contribution in [2.75, 3.05) is 18.5 Å². The number of imide groups is 1. The Morgan fingerprint density at radius 1 is 1.31 bits per heavy atom. The van der Waals surface area contributed by atoms with Crippen LogP contribution in [-0.2, 0) is 25.5 Å². The third-order valence-corrected chi connectivity index (χ3v) is 5.77. The van der Waals surface area contributed by atoms with Gasteiger partial charge in [0.2, 0.25) is 0 Å². The standard InChI is InChI=1S/C21H27N3O5/c1-3-15-8-6-9-16(11-15)22-17(25)13-29-18(26)12-24-19(27)21(23-20(24)28)10-5-4-7-14(21)2/h6,8-9,11,14H,3-5,7,10,12-13H2,1-2H3,(H,22,25)(H,23,28)/t14-,21-/m1/s1. The Balaban J connectivity index is 1.52. The van der Waals surface area contributed by atoms with Gasteiger partial charge in [-0.3, -0.25) is 19.3 Å². The Morgan fingerprint density at radius 3 is 2.83 bits per heavy atom. The number of hydrogen-bond acceptors (Lipinski definition) is 5. The molecule has 2 N–H and O–H groups in total. The van der Waals surface area contributed by atoms with E-state index in [4.69, 9.17) is 4.74 Å². The molecule has 3 rings (SSSR count). The van der Waals surface area contributed by atoms with Crippen molar-refractivity contribution < 1.29 is 23.9 Å². The van der Waals surface area contributed by atoms with Crippen molar-refractivity contribution >= 4 is 29.5 Å². The van der Waals surface area contributed by atoms with Crippen LogP contribution in [-0.4, -0.2) is 47.4 Å². The van der Waals surface area contributed by atoms with E-state index in [1.54, 1.807) is 6.07 Å². The first-order valence-electron chi connectivity index (χ1n) is 10.0. The maximum atomic E-state index is 12.8. The third-order valence-electron chi connectivity index (χ3n) is 5.77. The highest BCUT2D eigenvalue weighted by Crippen LogP contribution is 2.38. The van der Waals surface area contributed by atoms with Crippen LogP contribution in [0, 0.1) is 5.92 Å². The molecule has 0 aromatic heterocycles. The number of aryl methyl sites for hydroxylation is 1. The number of nitrogens with one attached hydrogen (secondary N) is 2. The summed E-state index contributed by atoms with van der Waals surface area (Å²) in [5.74, 6) is -1.65. The van der Waals surface area contributed by atoms with Crippen LogP contribution in [0.5, 0.6) is 0 Å². The number of benzene rings is 1. The molecule has 1 aliphatic carbocycles. The van der Waals surface area contributed by atoms with E-state index in [2.05, 4.69) is 10.6 Å². The summed E-state index contributed by atoms with van der Waals surface area (Å²) in [6, 6.07) is 6.80. The van der Waals surface area contributed by atoms with Crippen LogP contribution in [0.4, 0.5) is 10.5 Å². The van der Waals surface area contributed by atoms with E-state index in [0.717, 1.165) is 36.1 Å². The van der Waals surface area contributed by atoms with Gasteiger partial charge in [0, 0.05) is 5.69 Å². The van der Waals surface area contributed by atoms with E-state index < -0.39 is 36.6 Å². The lowest BCUT2D eigenvalue weighted by Gasteiger charge is -2.36. The first kappa shape index (κ1) is 20.8. The van der Waals surface area contributed by atoms with Gasteiger partial charge in [0.1, 0.15) is 12.1 Å². The van der Waals surface area contributed by atoms with Gasteiger partial charge >= 0.3 is 12.0 Å². The molecule has 2 fully saturated rings. The molecule has 1 spiro atoms. The SMILES string of the molecule is CCc1cccc(NC(=O)COC(=O)CN2C(=O)N[C@@]3(CCCC[C@H]3C)C2=O)c1. The van der Waals surface area contributed by atoms with Crippen LogP contribution in [0.3, 0.4) is 0 Å². The smallest absolute Gasteiger partial charge is 0.326 e. The van der Waals surface area contributed by atoms with Gasteiger partial charge in [-0.15, -0.1) is 0 Å². The fraction of sp³-hybridized carbons (Fsp3) is 0.524. The zero-order valence-corrected chi connectivity index (χ0v) is 16.8. The van der Waals surface area contributed by atoms with Gasteiger partial charge in [-0.05, 0) is 42.9 Å². The molecule has 1 aliphatic heterocycles. The fourth-order valence-corrected chi connectivity index (χ4v) is 4.03. The van der Waals surface area contributed by atoms with Crippen molar-refractivity contribution in [3.63, 3.8) is 0 Å². The lowest BCUT2D eigenvalue weighted by atomic mass is 9.73. The fourth-order valence-electron chi connectivity index (χ4n) is 4.03. The van der Waals surface area contributed by atoms with Gasteiger partial charge in [0.05, 0.1) is 0 Å². The molecule has 1 saturated carbocycles. The van der Waals surface area contributed by atoms with Crippen molar-refractivity contribution in [1.82, 2.24) is 10.2 Å². The van der Waals surface area contributed by atoms with Crippen LogP contribution in [0.1, 0.15) is 45.1 Å². The minimum atomic E-state index is -0.919. The Kier molecular flexibility index (Phi) is 6.20.